The SMILES string of the molecule is CCCN(CCC)C(=O)C1=CC(C)=CC(C(N)=O)([C@H](Cc2ccco2)[C@@H](O)CNCCC(C)C)C1. The van der Waals surface area contributed by atoms with Crippen molar-refractivity contribution >= 4 is 11.8 Å². The van der Waals surface area contributed by atoms with Gasteiger partial charge in [-0.2, -0.15) is 0 Å². The van der Waals surface area contributed by atoms with E-state index in [1.807, 2.05) is 43.9 Å². The maximum atomic E-state index is 13.5. The molecule has 0 saturated heterocycles. The lowest BCUT2D eigenvalue weighted by atomic mass is 9.63. The molecular weight excluding hydrogens is 442 g/mol. The first-order valence-corrected chi connectivity index (χ1v) is 13.0. The van der Waals surface area contributed by atoms with Gasteiger partial charge in [0, 0.05) is 37.5 Å². The first-order valence-electron chi connectivity index (χ1n) is 13.0. The van der Waals surface area contributed by atoms with Crippen molar-refractivity contribution in [3.63, 3.8) is 0 Å². The number of aliphatic hydroxyl groups excluding tert-OH is 1. The molecule has 196 valence electrons. The summed E-state index contributed by atoms with van der Waals surface area (Å²) in [5.74, 6) is 0.0601. The number of primary amides is 1. The third-order valence-electron chi connectivity index (χ3n) is 6.76. The van der Waals surface area contributed by atoms with Crippen LogP contribution in [0.3, 0.4) is 0 Å². The van der Waals surface area contributed by atoms with E-state index in [1.54, 1.807) is 12.3 Å². The fraction of sp³-hybridized carbons (Fsp3) is 0.643. The Morgan fingerprint density at radius 2 is 1.94 bits per heavy atom. The minimum Gasteiger partial charge on any atom is -0.469 e. The van der Waals surface area contributed by atoms with Gasteiger partial charge in [-0.05, 0) is 57.2 Å². The highest BCUT2D eigenvalue weighted by atomic mass is 16.3. The van der Waals surface area contributed by atoms with E-state index < -0.39 is 23.3 Å². The van der Waals surface area contributed by atoms with Crippen molar-refractivity contribution in [1.82, 2.24) is 10.2 Å². The van der Waals surface area contributed by atoms with Gasteiger partial charge in [-0.3, -0.25) is 9.59 Å². The number of hydrogen-bond donors (Lipinski definition) is 3. The fourth-order valence-corrected chi connectivity index (χ4v) is 5.00. The Morgan fingerprint density at radius 3 is 2.49 bits per heavy atom. The summed E-state index contributed by atoms with van der Waals surface area (Å²) in [6.07, 6.45) is 7.63. The third kappa shape index (κ3) is 7.80. The summed E-state index contributed by atoms with van der Waals surface area (Å²) in [5.41, 5.74) is 6.24. The predicted octanol–water partition coefficient (Wildman–Crippen LogP) is 3.83. The van der Waals surface area contributed by atoms with E-state index in [0.717, 1.165) is 31.4 Å². The van der Waals surface area contributed by atoms with Crippen molar-refractivity contribution in [1.29, 1.82) is 0 Å². The Bertz CT molecular complexity index is 869. The molecule has 0 aromatic carbocycles. The van der Waals surface area contributed by atoms with Gasteiger partial charge in [0.25, 0.3) is 0 Å². The molecule has 4 N–H and O–H groups in total. The van der Waals surface area contributed by atoms with Crippen LogP contribution in [-0.2, 0) is 16.0 Å². The lowest BCUT2D eigenvalue weighted by Gasteiger charge is -2.41. The van der Waals surface area contributed by atoms with E-state index >= 15 is 0 Å². The van der Waals surface area contributed by atoms with Crippen molar-refractivity contribution in [3.05, 3.63) is 47.5 Å². The molecule has 2 rings (SSSR count). The van der Waals surface area contributed by atoms with Crippen LogP contribution < -0.4 is 11.1 Å². The molecule has 3 atom stereocenters. The van der Waals surface area contributed by atoms with Crippen LogP contribution in [0.5, 0.6) is 0 Å². The summed E-state index contributed by atoms with van der Waals surface area (Å²) in [5, 5.41) is 14.7. The zero-order valence-corrected chi connectivity index (χ0v) is 22.2. The molecule has 7 nitrogen and oxygen atoms in total. The number of furan rings is 1. The second-order valence-corrected chi connectivity index (χ2v) is 10.3. The summed E-state index contributed by atoms with van der Waals surface area (Å²) >= 11 is 0. The summed E-state index contributed by atoms with van der Waals surface area (Å²) in [6.45, 7) is 12.7. The van der Waals surface area contributed by atoms with Gasteiger partial charge in [-0.25, -0.2) is 0 Å². The standard InChI is InChI=1S/C28H45N3O4/c1-6-12-31(13-7-2)26(33)22-15-21(5)17-28(18-22,27(29)34)24(16-23-9-8-14-35-23)25(32)19-30-11-10-20(3)4/h8-9,14-15,17,20,24-25,30,32H,6-7,10-13,16,18-19H2,1-5H3,(H2,29,34)/t24-,25+,28?/m1/s1. The quantitative estimate of drug-likeness (QED) is 0.326. The number of aliphatic hydroxyl groups is 1. The monoisotopic (exact) mass is 487 g/mol. The average molecular weight is 488 g/mol. The van der Waals surface area contributed by atoms with Crippen molar-refractivity contribution < 1.29 is 19.1 Å². The van der Waals surface area contributed by atoms with E-state index in [1.165, 1.54) is 0 Å². The Balaban J connectivity index is 2.40. The topological polar surface area (TPSA) is 109 Å². The first-order chi connectivity index (χ1) is 16.6. The summed E-state index contributed by atoms with van der Waals surface area (Å²) in [6, 6.07) is 3.63. The molecule has 1 heterocycles. The molecule has 2 amide bonds. The van der Waals surface area contributed by atoms with Crippen LogP contribution in [0.1, 0.15) is 66.1 Å². The number of nitrogens with one attached hydrogen (secondary N) is 1. The highest BCUT2D eigenvalue weighted by Crippen LogP contribution is 2.44. The number of carbonyl (C=O) groups excluding carboxylic acids is 2. The maximum absolute atomic E-state index is 13.5. The Kier molecular flexibility index (Phi) is 11.2. The number of hydrogen-bond acceptors (Lipinski definition) is 5. The number of carbonyl (C=O) groups is 2. The summed E-state index contributed by atoms with van der Waals surface area (Å²) < 4.78 is 5.60. The normalized spacial score (nSPS) is 19.7. The van der Waals surface area contributed by atoms with E-state index in [2.05, 4.69) is 19.2 Å². The predicted molar refractivity (Wildman–Crippen MR) is 139 cm³/mol. The fourth-order valence-electron chi connectivity index (χ4n) is 5.00. The smallest absolute Gasteiger partial charge is 0.249 e. The highest BCUT2D eigenvalue weighted by Gasteiger charge is 2.48. The van der Waals surface area contributed by atoms with Gasteiger partial charge in [0.1, 0.15) is 5.76 Å². The number of rotatable bonds is 15. The van der Waals surface area contributed by atoms with Gasteiger partial charge in [0.15, 0.2) is 0 Å². The van der Waals surface area contributed by atoms with Gasteiger partial charge < -0.3 is 25.5 Å². The van der Waals surface area contributed by atoms with Crippen LogP contribution in [0.2, 0.25) is 0 Å². The molecule has 1 aliphatic rings. The van der Waals surface area contributed by atoms with Crippen molar-refractivity contribution in [2.45, 2.75) is 72.8 Å². The van der Waals surface area contributed by atoms with E-state index in [0.29, 0.717) is 43.3 Å². The molecule has 0 bridgehead atoms. The van der Waals surface area contributed by atoms with Crippen molar-refractivity contribution in [2.24, 2.45) is 23.0 Å². The van der Waals surface area contributed by atoms with Crippen molar-refractivity contribution in [3.8, 4) is 0 Å². The molecule has 0 saturated carbocycles. The minimum absolute atomic E-state index is 0.0620. The maximum Gasteiger partial charge on any atom is 0.249 e. The minimum atomic E-state index is -1.21. The second-order valence-electron chi connectivity index (χ2n) is 10.3. The largest absolute Gasteiger partial charge is 0.469 e. The van der Waals surface area contributed by atoms with Gasteiger partial charge in [0.05, 0.1) is 17.8 Å². The van der Waals surface area contributed by atoms with Gasteiger partial charge in [-0.1, -0.05) is 45.4 Å². The molecule has 0 aliphatic heterocycles. The number of nitrogens with two attached hydrogens (primary N) is 1. The number of amides is 2. The van der Waals surface area contributed by atoms with E-state index in [-0.39, 0.29) is 12.3 Å². The molecule has 7 heteroatoms. The van der Waals surface area contributed by atoms with E-state index in [9.17, 15) is 14.7 Å². The lowest BCUT2D eigenvalue weighted by molar-refractivity contribution is -0.132. The summed E-state index contributed by atoms with van der Waals surface area (Å²) in [7, 11) is 0. The molecule has 0 radical (unpaired) electrons. The molecule has 1 aromatic rings. The molecule has 1 aliphatic carbocycles. The third-order valence-corrected chi connectivity index (χ3v) is 6.76. The molecular formula is C28H45N3O4. The van der Waals surface area contributed by atoms with Crippen LogP contribution in [-0.4, -0.2) is 54.1 Å². The van der Waals surface area contributed by atoms with Gasteiger partial charge in [-0.15, -0.1) is 0 Å². The molecule has 0 spiro atoms. The number of allylic oxidation sites excluding steroid dienone is 2. The van der Waals surface area contributed by atoms with Crippen LogP contribution in [0.15, 0.2) is 46.1 Å². The summed E-state index contributed by atoms with van der Waals surface area (Å²) in [4.78, 5) is 28.5. The molecule has 35 heavy (non-hydrogen) atoms. The zero-order valence-electron chi connectivity index (χ0n) is 22.2. The van der Waals surface area contributed by atoms with Crippen LogP contribution >= 0.6 is 0 Å². The van der Waals surface area contributed by atoms with Crippen molar-refractivity contribution in [2.75, 3.05) is 26.2 Å². The lowest BCUT2D eigenvalue weighted by Crippen LogP contribution is -2.51. The van der Waals surface area contributed by atoms with Gasteiger partial charge in [0.2, 0.25) is 11.8 Å². The van der Waals surface area contributed by atoms with Gasteiger partial charge >= 0.3 is 0 Å². The molecule has 1 unspecified atom stereocenters. The molecule has 0 fully saturated rings. The van der Waals surface area contributed by atoms with E-state index in [4.69, 9.17) is 10.2 Å². The van der Waals surface area contributed by atoms with Crippen LogP contribution in [0, 0.1) is 17.3 Å². The van der Waals surface area contributed by atoms with Crippen LogP contribution in [0.4, 0.5) is 0 Å². The average Bonchev–Trinajstić information content (AvgIpc) is 3.32. The highest BCUT2D eigenvalue weighted by molar-refractivity contribution is 5.96. The van der Waals surface area contributed by atoms with Crippen LogP contribution in [0.25, 0.3) is 0 Å². The Labute approximate surface area is 210 Å². The Hall–Kier alpha value is -2.38. The first kappa shape index (κ1) is 28.9. The zero-order chi connectivity index (χ0) is 26.0. The Morgan fingerprint density at radius 1 is 1.26 bits per heavy atom. The second kappa shape index (κ2) is 13.6. The number of nitrogens with zero attached hydrogens (tertiary/aromatic N) is 1. The molecule has 1 aromatic heterocycles.